The summed E-state index contributed by atoms with van der Waals surface area (Å²) >= 11 is 0. The molecular weight excluding hydrogens is 494 g/mol. The average Bonchev–Trinajstić information content (AvgIpc) is 3.75. The van der Waals surface area contributed by atoms with E-state index < -0.39 is 0 Å². The smallest absolute Gasteiger partial charge is 0.231 e. The van der Waals surface area contributed by atoms with Crippen LogP contribution in [0.2, 0.25) is 0 Å². The summed E-state index contributed by atoms with van der Waals surface area (Å²) in [6.45, 7) is 4.88. The Morgan fingerprint density at radius 1 is 1.10 bits per heavy atom. The van der Waals surface area contributed by atoms with Crippen molar-refractivity contribution in [3.05, 3.63) is 78.1 Å². The zero-order chi connectivity index (χ0) is 26.8. The lowest BCUT2D eigenvalue weighted by Gasteiger charge is -2.26. The standard InChI is InChI=1S/C28H29N9O2/c1-4-20-27(30-13-12-29-20)21-16-23(39-35-21)22-9-6-14-36(22)28-32-25(17-26(33-28)38-3)37(24-10-11-31-34-24)19-8-5-7-18(2)15-19/h5,7-8,10-13,15-17,22H,4,6,9,14H2,1-3H3,(H,31,34). The van der Waals surface area contributed by atoms with Crippen LogP contribution in [-0.2, 0) is 6.42 Å². The fourth-order valence-electron chi connectivity index (χ4n) is 4.97. The number of rotatable bonds is 8. The molecule has 1 fully saturated rings. The number of H-pyrrole nitrogens is 1. The van der Waals surface area contributed by atoms with Crippen molar-refractivity contribution in [3.63, 3.8) is 0 Å². The molecule has 1 saturated heterocycles. The van der Waals surface area contributed by atoms with Crippen molar-refractivity contribution in [1.29, 1.82) is 0 Å². The fourth-order valence-corrected chi connectivity index (χ4v) is 4.97. The zero-order valence-electron chi connectivity index (χ0n) is 22.1. The van der Waals surface area contributed by atoms with Gasteiger partial charge in [-0.05, 0) is 43.9 Å². The minimum absolute atomic E-state index is 0.0780. The van der Waals surface area contributed by atoms with Crippen molar-refractivity contribution in [2.45, 2.75) is 39.2 Å². The first-order valence-electron chi connectivity index (χ1n) is 13.0. The molecule has 5 heterocycles. The van der Waals surface area contributed by atoms with Gasteiger partial charge in [0, 0.05) is 49.0 Å². The van der Waals surface area contributed by atoms with Crippen molar-refractivity contribution in [1.82, 2.24) is 35.3 Å². The molecule has 11 nitrogen and oxygen atoms in total. The fraction of sp³-hybridized carbons (Fsp3) is 0.286. The number of aromatic amines is 1. The van der Waals surface area contributed by atoms with Crippen LogP contribution < -0.4 is 14.5 Å². The average molecular weight is 524 g/mol. The Hall–Kier alpha value is -4.80. The summed E-state index contributed by atoms with van der Waals surface area (Å²) in [5.74, 6) is 3.10. The third-order valence-electron chi connectivity index (χ3n) is 6.81. The van der Waals surface area contributed by atoms with Gasteiger partial charge in [-0.15, -0.1) is 0 Å². The molecule has 0 saturated carbocycles. The maximum Gasteiger partial charge on any atom is 0.231 e. The molecule has 0 radical (unpaired) electrons. The van der Waals surface area contributed by atoms with Gasteiger partial charge in [0.2, 0.25) is 11.8 Å². The number of nitrogens with one attached hydrogen (secondary N) is 1. The lowest BCUT2D eigenvalue weighted by molar-refractivity contribution is 0.361. The summed E-state index contributed by atoms with van der Waals surface area (Å²) in [5.41, 5.74) is 4.37. The number of aromatic nitrogens is 7. The number of methoxy groups -OCH3 is 1. The van der Waals surface area contributed by atoms with E-state index in [1.54, 1.807) is 25.7 Å². The third kappa shape index (κ3) is 4.78. The van der Waals surface area contributed by atoms with Gasteiger partial charge < -0.3 is 14.2 Å². The van der Waals surface area contributed by atoms with E-state index in [0.717, 1.165) is 54.2 Å². The highest BCUT2D eigenvalue weighted by atomic mass is 16.5. The molecule has 0 aliphatic carbocycles. The minimum Gasteiger partial charge on any atom is -0.481 e. The maximum absolute atomic E-state index is 5.86. The summed E-state index contributed by atoms with van der Waals surface area (Å²) in [4.78, 5) is 22.8. The van der Waals surface area contributed by atoms with Crippen LogP contribution in [0.3, 0.4) is 0 Å². The molecule has 1 aromatic carbocycles. The molecule has 0 bridgehead atoms. The van der Waals surface area contributed by atoms with E-state index in [4.69, 9.17) is 19.2 Å². The summed E-state index contributed by atoms with van der Waals surface area (Å²) in [5, 5.41) is 11.7. The van der Waals surface area contributed by atoms with Gasteiger partial charge >= 0.3 is 0 Å². The predicted octanol–water partition coefficient (Wildman–Crippen LogP) is 5.34. The molecule has 1 aliphatic heterocycles. The molecule has 1 unspecified atom stereocenters. The number of hydrogen-bond donors (Lipinski definition) is 1. The highest BCUT2D eigenvalue weighted by Crippen LogP contribution is 2.39. The van der Waals surface area contributed by atoms with Crippen LogP contribution in [0.15, 0.2) is 65.6 Å². The molecule has 11 heteroatoms. The number of benzene rings is 1. The van der Waals surface area contributed by atoms with Gasteiger partial charge in [-0.25, -0.2) is 0 Å². The summed E-state index contributed by atoms with van der Waals surface area (Å²) in [6, 6.07) is 13.8. The van der Waals surface area contributed by atoms with E-state index in [-0.39, 0.29) is 6.04 Å². The normalized spacial score (nSPS) is 15.1. The molecule has 1 atom stereocenters. The quantitative estimate of drug-likeness (QED) is 0.285. The second-order valence-corrected chi connectivity index (χ2v) is 9.35. The van der Waals surface area contributed by atoms with E-state index in [0.29, 0.717) is 29.2 Å². The van der Waals surface area contributed by atoms with E-state index >= 15 is 0 Å². The van der Waals surface area contributed by atoms with E-state index in [2.05, 4.69) is 49.3 Å². The zero-order valence-corrected chi connectivity index (χ0v) is 22.1. The Balaban J connectivity index is 1.38. The molecule has 0 spiro atoms. The SMILES string of the molecule is CCc1nccnc1-c1cc(C2CCCN2c2nc(OC)cc(N(c3cccc(C)c3)c3cc[nH]n3)n2)on1. The Kier molecular flexibility index (Phi) is 6.62. The molecule has 0 amide bonds. The molecular formula is C28H29N9O2. The van der Waals surface area contributed by atoms with E-state index in [1.807, 2.05) is 42.2 Å². The van der Waals surface area contributed by atoms with E-state index in [1.165, 1.54) is 0 Å². The van der Waals surface area contributed by atoms with Crippen molar-refractivity contribution in [3.8, 4) is 17.3 Å². The molecule has 198 valence electrons. The van der Waals surface area contributed by atoms with Crippen molar-refractivity contribution < 1.29 is 9.26 Å². The van der Waals surface area contributed by atoms with Crippen molar-refractivity contribution in [2.75, 3.05) is 23.5 Å². The van der Waals surface area contributed by atoms with Crippen LogP contribution in [0.5, 0.6) is 5.88 Å². The Morgan fingerprint density at radius 2 is 2.00 bits per heavy atom. The first-order valence-corrected chi connectivity index (χ1v) is 13.0. The molecule has 5 aromatic rings. The van der Waals surface area contributed by atoms with Gasteiger partial charge in [-0.1, -0.05) is 24.2 Å². The first-order chi connectivity index (χ1) is 19.1. The molecule has 1 aliphatic rings. The largest absolute Gasteiger partial charge is 0.481 e. The van der Waals surface area contributed by atoms with Gasteiger partial charge in [-0.3, -0.25) is 20.0 Å². The summed E-state index contributed by atoms with van der Waals surface area (Å²) in [6.07, 6.45) is 7.76. The van der Waals surface area contributed by atoms with Crippen LogP contribution in [0.25, 0.3) is 11.4 Å². The summed E-state index contributed by atoms with van der Waals surface area (Å²) in [7, 11) is 1.61. The van der Waals surface area contributed by atoms with Gasteiger partial charge in [0.25, 0.3) is 0 Å². The maximum atomic E-state index is 5.86. The molecule has 1 N–H and O–H groups in total. The van der Waals surface area contributed by atoms with Crippen LogP contribution in [-0.4, -0.2) is 48.9 Å². The molecule has 6 rings (SSSR count). The number of nitrogens with zero attached hydrogens (tertiary/aromatic N) is 8. The van der Waals surface area contributed by atoms with Crippen molar-refractivity contribution >= 4 is 23.3 Å². The van der Waals surface area contributed by atoms with Gasteiger partial charge in [-0.2, -0.15) is 15.1 Å². The second kappa shape index (κ2) is 10.5. The molecule has 39 heavy (non-hydrogen) atoms. The lowest BCUT2D eigenvalue weighted by atomic mass is 10.1. The number of anilines is 4. The Morgan fingerprint density at radius 3 is 2.79 bits per heavy atom. The third-order valence-corrected chi connectivity index (χ3v) is 6.81. The van der Waals surface area contributed by atoms with Crippen LogP contribution in [0.4, 0.5) is 23.3 Å². The highest BCUT2D eigenvalue weighted by Gasteiger charge is 2.33. The molecule has 4 aromatic heterocycles. The van der Waals surface area contributed by atoms with E-state index in [9.17, 15) is 0 Å². The first kappa shape index (κ1) is 24.5. The number of hydrogen-bond acceptors (Lipinski definition) is 10. The Labute approximate surface area is 225 Å². The van der Waals surface area contributed by atoms with Gasteiger partial charge in [0.1, 0.15) is 17.2 Å². The monoisotopic (exact) mass is 523 g/mol. The van der Waals surface area contributed by atoms with Crippen LogP contribution >= 0.6 is 0 Å². The number of ether oxygens (including phenoxy) is 1. The highest BCUT2D eigenvalue weighted by molar-refractivity contribution is 5.73. The van der Waals surface area contributed by atoms with Gasteiger partial charge in [0.15, 0.2) is 11.6 Å². The van der Waals surface area contributed by atoms with Gasteiger partial charge in [0.05, 0.1) is 18.8 Å². The lowest BCUT2D eigenvalue weighted by Crippen LogP contribution is -2.25. The van der Waals surface area contributed by atoms with Crippen molar-refractivity contribution in [2.24, 2.45) is 0 Å². The number of aryl methyl sites for hydroxylation is 2. The van der Waals surface area contributed by atoms with Crippen LogP contribution in [0, 0.1) is 6.92 Å². The second-order valence-electron chi connectivity index (χ2n) is 9.35. The Bertz CT molecular complexity index is 1570. The summed E-state index contributed by atoms with van der Waals surface area (Å²) < 4.78 is 11.5. The minimum atomic E-state index is -0.0780. The topological polar surface area (TPSA) is 122 Å². The van der Waals surface area contributed by atoms with Crippen LogP contribution in [0.1, 0.15) is 42.8 Å². The predicted molar refractivity (Wildman–Crippen MR) is 146 cm³/mol.